The largest absolute Gasteiger partial charge is 0.389 e. The van der Waals surface area contributed by atoms with Gasteiger partial charge in [0.15, 0.2) is 0 Å². The molecule has 1 aliphatic heterocycles. The number of nitrogens with zero attached hydrogens (tertiary/aromatic N) is 4. The highest BCUT2D eigenvalue weighted by atomic mass is 32.1. The number of thiazole rings is 1. The average molecular weight is 519 g/mol. The van der Waals surface area contributed by atoms with Gasteiger partial charge in [-0.2, -0.15) is 5.10 Å². The lowest BCUT2D eigenvalue weighted by Gasteiger charge is -2.48. The van der Waals surface area contributed by atoms with Crippen LogP contribution in [0, 0.1) is 0 Å². The fourth-order valence-electron chi connectivity index (χ4n) is 5.60. The number of aliphatic hydroxyl groups excluding tert-OH is 1. The van der Waals surface area contributed by atoms with Gasteiger partial charge < -0.3 is 5.11 Å². The standard InChI is InChI=1S/C32H30N4OS/c37-31-17-18-35(21-25(31)20-29-16-19-36(34-29)22-30-23-38-24-33-30)32(26-10-4-1-5-11-26,27-12-6-2-7-13-27)28-14-8-3-9-15-28/h1-16,19-20,23-24,31,37H,17-18,21-22H2. The molecule has 1 aliphatic rings. The van der Waals surface area contributed by atoms with Crippen molar-refractivity contribution in [1.82, 2.24) is 19.7 Å². The third kappa shape index (κ3) is 4.74. The van der Waals surface area contributed by atoms with Crippen LogP contribution >= 0.6 is 11.3 Å². The van der Waals surface area contributed by atoms with Gasteiger partial charge in [0, 0.05) is 24.7 Å². The number of aliphatic hydroxyl groups is 1. The fraction of sp³-hybridized carbons (Fsp3) is 0.188. The molecule has 190 valence electrons. The highest BCUT2D eigenvalue weighted by Crippen LogP contribution is 2.44. The summed E-state index contributed by atoms with van der Waals surface area (Å²) in [6.07, 6.45) is 4.18. The molecule has 38 heavy (non-hydrogen) atoms. The van der Waals surface area contributed by atoms with Gasteiger partial charge in [-0.15, -0.1) is 11.3 Å². The Morgan fingerprint density at radius 1 is 0.868 bits per heavy atom. The van der Waals surface area contributed by atoms with Crippen molar-refractivity contribution in [2.45, 2.75) is 24.6 Å². The van der Waals surface area contributed by atoms with Crippen molar-refractivity contribution in [1.29, 1.82) is 0 Å². The minimum Gasteiger partial charge on any atom is -0.389 e. The van der Waals surface area contributed by atoms with E-state index in [1.54, 1.807) is 11.3 Å². The van der Waals surface area contributed by atoms with Crippen molar-refractivity contribution in [2.24, 2.45) is 0 Å². The Balaban J connectivity index is 1.42. The van der Waals surface area contributed by atoms with Crippen LogP contribution < -0.4 is 0 Å². The molecule has 5 nitrogen and oxygen atoms in total. The molecule has 6 heteroatoms. The normalized spacial score (nSPS) is 17.6. The lowest BCUT2D eigenvalue weighted by Crippen LogP contribution is -2.52. The molecule has 1 fully saturated rings. The number of aromatic nitrogens is 3. The first-order valence-corrected chi connectivity index (χ1v) is 13.9. The summed E-state index contributed by atoms with van der Waals surface area (Å²) in [6.45, 7) is 2.02. The van der Waals surface area contributed by atoms with Gasteiger partial charge >= 0.3 is 0 Å². The lowest BCUT2D eigenvalue weighted by atomic mass is 9.74. The summed E-state index contributed by atoms with van der Waals surface area (Å²) in [5.41, 5.74) is 7.78. The Morgan fingerprint density at radius 2 is 1.47 bits per heavy atom. The van der Waals surface area contributed by atoms with Gasteiger partial charge in [-0.3, -0.25) is 9.58 Å². The van der Waals surface area contributed by atoms with Crippen molar-refractivity contribution >= 4 is 17.4 Å². The van der Waals surface area contributed by atoms with E-state index in [1.165, 1.54) is 16.7 Å². The molecule has 0 aliphatic carbocycles. The predicted molar refractivity (Wildman–Crippen MR) is 153 cm³/mol. The second-order valence-electron chi connectivity index (χ2n) is 9.67. The highest BCUT2D eigenvalue weighted by molar-refractivity contribution is 7.07. The minimum absolute atomic E-state index is 0.505. The Labute approximate surface area is 227 Å². The van der Waals surface area contributed by atoms with Gasteiger partial charge in [-0.05, 0) is 40.8 Å². The molecule has 1 unspecified atom stereocenters. The average Bonchev–Trinajstić information content (AvgIpc) is 3.65. The summed E-state index contributed by atoms with van der Waals surface area (Å²) in [4.78, 5) is 6.88. The van der Waals surface area contributed by atoms with Crippen molar-refractivity contribution < 1.29 is 5.11 Å². The maximum Gasteiger partial charge on any atom is 0.0975 e. The molecule has 0 bridgehead atoms. The molecule has 0 spiro atoms. The molecule has 0 saturated carbocycles. The monoisotopic (exact) mass is 518 g/mol. The van der Waals surface area contributed by atoms with Gasteiger partial charge in [0.25, 0.3) is 0 Å². The summed E-state index contributed by atoms with van der Waals surface area (Å²) in [7, 11) is 0. The maximum absolute atomic E-state index is 11.1. The Kier molecular flexibility index (Phi) is 7.01. The molecule has 1 N–H and O–H groups in total. The molecule has 3 aromatic carbocycles. The summed E-state index contributed by atoms with van der Waals surface area (Å²) in [5.74, 6) is 0. The van der Waals surface area contributed by atoms with E-state index < -0.39 is 11.6 Å². The molecule has 0 amide bonds. The van der Waals surface area contributed by atoms with Crippen LogP contribution in [0.25, 0.3) is 6.08 Å². The highest BCUT2D eigenvalue weighted by Gasteiger charge is 2.44. The van der Waals surface area contributed by atoms with Crippen molar-refractivity contribution in [3.05, 3.63) is 148 Å². The van der Waals surface area contributed by atoms with E-state index in [-0.39, 0.29) is 0 Å². The molecule has 0 radical (unpaired) electrons. The molecular formula is C32H30N4OS. The van der Waals surface area contributed by atoms with Gasteiger partial charge in [0.05, 0.1) is 35.1 Å². The number of piperidine rings is 1. The predicted octanol–water partition coefficient (Wildman–Crippen LogP) is 5.83. The SMILES string of the molecule is OC1CCN(C(c2ccccc2)(c2ccccc2)c2ccccc2)CC1=Cc1ccn(Cc2cscn2)n1. The summed E-state index contributed by atoms with van der Waals surface area (Å²) in [6, 6.07) is 34.2. The van der Waals surface area contributed by atoms with Crippen molar-refractivity contribution in [3.8, 4) is 0 Å². The maximum atomic E-state index is 11.1. The smallest absolute Gasteiger partial charge is 0.0975 e. The van der Waals surface area contributed by atoms with Crippen LogP contribution in [0.15, 0.2) is 120 Å². The van der Waals surface area contributed by atoms with E-state index >= 15 is 0 Å². The van der Waals surface area contributed by atoms with Crippen molar-refractivity contribution in [3.63, 3.8) is 0 Å². The summed E-state index contributed by atoms with van der Waals surface area (Å²) >= 11 is 1.59. The first-order chi connectivity index (χ1) is 18.7. The van der Waals surface area contributed by atoms with E-state index in [1.807, 2.05) is 27.8 Å². The van der Waals surface area contributed by atoms with E-state index in [2.05, 4.69) is 107 Å². The van der Waals surface area contributed by atoms with Gasteiger partial charge in [0.2, 0.25) is 0 Å². The van der Waals surface area contributed by atoms with E-state index in [0.717, 1.165) is 23.5 Å². The zero-order valence-corrected chi connectivity index (χ0v) is 21.9. The summed E-state index contributed by atoms with van der Waals surface area (Å²) in [5, 5.41) is 17.9. The number of likely N-dealkylation sites (tertiary alicyclic amines) is 1. The lowest BCUT2D eigenvalue weighted by molar-refractivity contribution is 0.0871. The fourth-order valence-corrected chi connectivity index (χ4v) is 6.15. The Bertz CT molecular complexity index is 1380. The van der Waals surface area contributed by atoms with E-state index in [4.69, 9.17) is 5.10 Å². The molecule has 5 aromatic rings. The second kappa shape index (κ2) is 10.9. The van der Waals surface area contributed by atoms with Crippen LogP contribution in [-0.2, 0) is 12.1 Å². The van der Waals surface area contributed by atoms with Crippen LogP contribution in [0.2, 0.25) is 0 Å². The van der Waals surface area contributed by atoms with Crippen LogP contribution in [0.5, 0.6) is 0 Å². The Morgan fingerprint density at radius 3 is 2.03 bits per heavy atom. The first-order valence-electron chi connectivity index (χ1n) is 12.9. The second-order valence-corrected chi connectivity index (χ2v) is 10.4. The van der Waals surface area contributed by atoms with Crippen molar-refractivity contribution in [2.75, 3.05) is 13.1 Å². The van der Waals surface area contributed by atoms with Gasteiger partial charge in [0.1, 0.15) is 0 Å². The molecule has 6 rings (SSSR count). The van der Waals surface area contributed by atoms with Gasteiger partial charge in [-0.1, -0.05) is 91.0 Å². The molecule has 1 saturated heterocycles. The number of hydrogen-bond donors (Lipinski definition) is 1. The third-order valence-corrected chi connectivity index (χ3v) is 7.96. The minimum atomic E-state index is -0.507. The van der Waals surface area contributed by atoms with Crippen LogP contribution in [0.4, 0.5) is 0 Å². The first kappa shape index (κ1) is 24.5. The Hall–Kier alpha value is -3.84. The molecule has 1 atom stereocenters. The van der Waals surface area contributed by atoms with E-state index in [9.17, 15) is 5.11 Å². The number of hydrogen-bond acceptors (Lipinski definition) is 5. The zero-order chi connectivity index (χ0) is 25.8. The van der Waals surface area contributed by atoms with Crippen LogP contribution in [0.3, 0.4) is 0 Å². The topological polar surface area (TPSA) is 54.2 Å². The number of benzene rings is 3. The van der Waals surface area contributed by atoms with E-state index in [0.29, 0.717) is 19.5 Å². The van der Waals surface area contributed by atoms with Crippen LogP contribution in [0.1, 0.15) is 34.5 Å². The third-order valence-electron chi connectivity index (χ3n) is 7.32. The zero-order valence-electron chi connectivity index (χ0n) is 21.1. The van der Waals surface area contributed by atoms with Crippen LogP contribution in [-0.4, -0.2) is 44.0 Å². The molecular weight excluding hydrogens is 488 g/mol. The summed E-state index contributed by atoms with van der Waals surface area (Å²) < 4.78 is 1.90. The molecule has 2 aromatic heterocycles. The quantitative estimate of drug-likeness (QED) is 0.276. The molecule has 3 heterocycles. The number of rotatable bonds is 7. The van der Waals surface area contributed by atoms with Gasteiger partial charge in [-0.25, -0.2) is 4.98 Å².